The maximum Gasteiger partial charge on any atom is 0.422 e. The molecule has 0 aliphatic carbocycles. The minimum Gasteiger partial charge on any atom is -0.484 e. The summed E-state index contributed by atoms with van der Waals surface area (Å²) in [5.74, 6) is -0.349. The number of rotatable bonds is 6. The molecule has 1 aromatic carbocycles. The molecule has 2 aromatic rings. The lowest BCUT2D eigenvalue weighted by atomic mass is 10.2. The number of ether oxygens (including phenoxy) is 1. The van der Waals surface area contributed by atoms with E-state index < -0.39 is 18.7 Å². The second kappa shape index (κ2) is 7.42. The van der Waals surface area contributed by atoms with Gasteiger partial charge in [0.15, 0.2) is 6.61 Å². The van der Waals surface area contributed by atoms with Crippen LogP contribution in [0.3, 0.4) is 0 Å². The Morgan fingerprint density at radius 2 is 2.09 bits per heavy atom. The molecular formula is C14H14F3N3O2S. The molecule has 1 heterocycles. The molecule has 0 spiro atoms. The van der Waals surface area contributed by atoms with Gasteiger partial charge in [0.1, 0.15) is 16.5 Å². The van der Waals surface area contributed by atoms with E-state index in [-0.39, 0.29) is 24.5 Å². The molecule has 1 amide bonds. The maximum atomic E-state index is 12.2. The first kappa shape index (κ1) is 17.2. The number of benzene rings is 1. The number of hydrogen-bond acceptors (Lipinski definition) is 5. The summed E-state index contributed by atoms with van der Waals surface area (Å²) in [4.78, 5) is 16.0. The Hall–Kier alpha value is -2.13. The number of para-hydroxylation sites is 1. The second-order valence-corrected chi connectivity index (χ2v) is 5.47. The highest BCUT2D eigenvalue weighted by atomic mass is 32.1. The number of nitrogens with one attached hydrogen (secondary N) is 1. The molecule has 0 bridgehead atoms. The van der Waals surface area contributed by atoms with Crippen LogP contribution in [0.15, 0.2) is 29.6 Å². The van der Waals surface area contributed by atoms with Crippen molar-refractivity contribution in [2.75, 3.05) is 6.61 Å². The fraction of sp³-hybridized carbons (Fsp3) is 0.286. The summed E-state index contributed by atoms with van der Waals surface area (Å²) >= 11 is 1.27. The zero-order valence-electron chi connectivity index (χ0n) is 11.9. The Kier molecular flexibility index (Phi) is 5.56. The van der Waals surface area contributed by atoms with Crippen LogP contribution in [0.25, 0.3) is 0 Å². The summed E-state index contributed by atoms with van der Waals surface area (Å²) in [5, 5.41) is 4.80. The van der Waals surface area contributed by atoms with Gasteiger partial charge in [-0.3, -0.25) is 4.79 Å². The number of nitrogens with zero attached hydrogens (tertiary/aromatic N) is 1. The minimum absolute atomic E-state index is 0.0301. The lowest BCUT2D eigenvalue weighted by Gasteiger charge is -2.13. The van der Waals surface area contributed by atoms with E-state index in [2.05, 4.69) is 10.3 Å². The van der Waals surface area contributed by atoms with Gasteiger partial charge in [-0.05, 0) is 6.07 Å². The molecule has 0 saturated carbocycles. The van der Waals surface area contributed by atoms with Gasteiger partial charge in [-0.15, -0.1) is 11.3 Å². The number of carbonyl (C=O) groups excluding carboxylic acids is 1. The average molecular weight is 345 g/mol. The van der Waals surface area contributed by atoms with Crippen molar-refractivity contribution >= 4 is 17.2 Å². The molecule has 1 aromatic heterocycles. The van der Waals surface area contributed by atoms with Crippen molar-refractivity contribution < 1.29 is 22.7 Å². The summed E-state index contributed by atoms with van der Waals surface area (Å²) in [5.41, 5.74) is 6.09. The van der Waals surface area contributed by atoms with Crippen molar-refractivity contribution in [3.05, 3.63) is 45.9 Å². The first-order valence-corrected chi connectivity index (χ1v) is 7.47. The molecule has 0 atom stereocenters. The van der Waals surface area contributed by atoms with Crippen LogP contribution < -0.4 is 15.8 Å². The minimum atomic E-state index is -4.42. The molecule has 0 aliphatic rings. The Balaban J connectivity index is 1.98. The van der Waals surface area contributed by atoms with Crippen LogP contribution >= 0.6 is 11.3 Å². The average Bonchev–Trinajstić information content (AvgIpc) is 2.99. The predicted molar refractivity (Wildman–Crippen MR) is 79.2 cm³/mol. The van der Waals surface area contributed by atoms with Gasteiger partial charge in [0.25, 0.3) is 5.91 Å². The number of halogens is 3. The molecule has 9 heteroatoms. The van der Waals surface area contributed by atoms with Crippen molar-refractivity contribution in [2.24, 2.45) is 5.73 Å². The Morgan fingerprint density at radius 3 is 2.74 bits per heavy atom. The topological polar surface area (TPSA) is 77.2 Å². The molecule has 0 fully saturated rings. The van der Waals surface area contributed by atoms with Crippen LogP contribution in [-0.2, 0) is 13.1 Å². The molecule has 5 nitrogen and oxygen atoms in total. The summed E-state index contributed by atoms with van der Waals surface area (Å²) in [6.07, 6.45) is -4.42. The molecule has 124 valence electrons. The van der Waals surface area contributed by atoms with Crippen molar-refractivity contribution in [1.29, 1.82) is 0 Å². The Morgan fingerprint density at radius 1 is 1.35 bits per heavy atom. The van der Waals surface area contributed by atoms with Gasteiger partial charge in [-0.1, -0.05) is 18.2 Å². The molecule has 2 rings (SSSR count). The summed E-state index contributed by atoms with van der Waals surface area (Å²) in [7, 11) is 0. The van der Waals surface area contributed by atoms with Crippen molar-refractivity contribution in [3.63, 3.8) is 0 Å². The fourth-order valence-corrected chi connectivity index (χ4v) is 2.38. The van der Waals surface area contributed by atoms with Crippen LogP contribution in [-0.4, -0.2) is 23.7 Å². The van der Waals surface area contributed by atoms with Crippen molar-refractivity contribution in [2.45, 2.75) is 19.3 Å². The summed E-state index contributed by atoms with van der Waals surface area (Å²) < 4.78 is 41.5. The molecule has 0 radical (unpaired) electrons. The van der Waals surface area contributed by atoms with Crippen LogP contribution in [0.5, 0.6) is 5.75 Å². The Labute approximate surface area is 134 Å². The third-order valence-corrected chi connectivity index (χ3v) is 3.63. The van der Waals surface area contributed by atoms with Gasteiger partial charge >= 0.3 is 6.18 Å². The maximum absolute atomic E-state index is 12.2. The largest absolute Gasteiger partial charge is 0.484 e. The van der Waals surface area contributed by atoms with Gasteiger partial charge in [0.05, 0.1) is 0 Å². The highest BCUT2D eigenvalue weighted by Crippen LogP contribution is 2.22. The summed E-state index contributed by atoms with van der Waals surface area (Å²) in [6, 6.07) is 6.21. The quantitative estimate of drug-likeness (QED) is 0.843. The van der Waals surface area contributed by atoms with Crippen LogP contribution in [0, 0.1) is 0 Å². The molecule has 0 saturated heterocycles. The second-order valence-electron chi connectivity index (χ2n) is 4.52. The molecule has 23 heavy (non-hydrogen) atoms. The van der Waals surface area contributed by atoms with Crippen LogP contribution in [0.4, 0.5) is 13.2 Å². The zero-order chi connectivity index (χ0) is 16.9. The third-order valence-electron chi connectivity index (χ3n) is 2.76. The van der Waals surface area contributed by atoms with Gasteiger partial charge in [0.2, 0.25) is 0 Å². The first-order chi connectivity index (χ1) is 10.9. The third kappa shape index (κ3) is 5.22. The lowest BCUT2D eigenvalue weighted by molar-refractivity contribution is -0.153. The SMILES string of the molecule is NCc1nc(C(=O)NCc2ccccc2OCC(F)(F)F)cs1. The number of aromatic nitrogens is 1. The highest BCUT2D eigenvalue weighted by molar-refractivity contribution is 7.09. The monoisotopic (exact) mass is 345 g/mol. The van der Waals surface area contributed by atoms with E-state index in [1.165, 1.54) is 17.4 Å². The van der Waals surface area contributed by atoms with Gasteiger partial charge in [-0.2, -0.15) is 13.2 Å². The van der Waals surface area contributed by atoms with E-state index in [0.717, 1.165) is 0 Å². The van der Waals surface area contributed by atoms with Crippen molar-refractivity contribution in [3.8, 4) is 5.75 Å². The van der Waals surface area contributed by atoms with Crippen molar-refractivity contribution in [1.82, 2.24) is 10.3 Å². The predicted octanol–water partition coefficient (Wildman–Crippen LogP) is 2.47. The number of amides is 1. The number of nitrogens with two attached hydrogens (primary N) is 1. The van der Waals surface area contributed by atoms with E-state index in [9.17, 15) is 18.0 Å². The number of alkyl halides is 3. The summed E-state index contributed by atoms with van der Waals surface area (Å²) in [6.45, 7) is -1.11. The van der Waals surface area contributed by atoms with Crippen LogP contribution in [0.1, 0.15) is 21.1 Å². The number of carbonyl (C=O) groups is 1. The lowest BCUT2D eigenvalue weighted by Crippen LogP contribution is -2.24. The molecule has 0 aliphatic heterocycles. The van der Waals surface area contributed by atoms with E-state index in [4.69, 9.17) is 10.5 Å². The number of thiazole rings is 1. The van der Waals surface area contributed by atoms with Gasteiger partial charge < -0.3 is 15.8 Å². The van der Waals surface area contributed by atoms with E-state index in [1.807, 2.05) is 0 Å². The zero-order valence-corrected chi connectivity index (χ0v) is 12.7. The van der Waals surface area contributed by atoms with E-state index >= 15 is 0 Å². The van der Waals surface area contributed by atoms with Gasteiger partial charge in [-0.25, -0.2) is 4.98 Å². The number of hydrogen-bond donors (Lipinski definition) is 2. The normalized spacial score (nSPS) is 11.3. The standard InChI is InChI=1S/C14H14F3N3O2S/c15-14(16,17)8-22-11-4-2-1-3-9(11)6-19-13(21)10-7-23-12(5-18)20-10/h1-4,7H,5-6,8,18H2,(H,19,21). The van der Waals surface area contributed by atoms with E-state index in [1.54, 1.807) is 23.6 Å². The smallest absolute Gasteiger partial charge is 0.422 e. The highest BCUT2D eigenvalue weighted by Gasteiger charge is 2.28. The van der Waals surface area contributed by atoms with Gasteiger partial charge in [0, 0.05) is 24.0 Å². The van der Waals surface area contributed by atoms with E-state index in [0.29, 0.717) is 10.6 Å². The molecule has 0 unspecified atom stereocenters. The fourth-order valence-electron chi connectivity index (χ4n) is 1.73. The molecular weight excluding hydrogens is 331 g/mol. The Bertz CT molecular complexity index is 673. The van der Waals surface area contributed by atoms with Crippen LogP contribution in [0.2, 0.25) is 0 Å². The first-order valence-electron chi connectivity index (χ1n) is 6.59. The molecule has 3 N–H and O–H groups in total.